The standard InChI is InChI=1S/C11H13NO4/c1-2-16-11(13)10(8-12(14)15)9-6-4-3-5-7-9/h3-7,10H,2,8H2,1H3/t10-/m0/s1. The van der Waals surface area contributed by atoms with E-state index < -0.39 is 23.4 Å². The molecule has 0 aliphatic rings. The predicted molar refractivity (Wildman–Crippen MR) is 57.7 cm³/mol. The Labute approximate surface area is 93.2 Å². The van der Waals surface area contributed by atoms with E-state index in [1.54, 1.807) is 37.3 Å². The van der Waals surface area contributed by atoms with Crippen LogP contribution in [-0.4, -0.2) is 24.0 Å². The topological polar surface area (TPSA) is 69.4 Å². The van der Waals surface area contributed by atoms with Gasteiger partial charge in [0.2, 0.25) is 6.54 Å². The second kappa shape index (κ2) is 5.85. The molecule has 5 nitrogen and oxygen atoms in total. The molecule has 0 unspecified atom stereocenters. The molecule has 0 saturated carbocycles. The molecule has 0 bridgehead atoms. The van der Waals surface area contributed by atoms with Gasteiger partial charge in [0.15, 0.2) is 0 Å². The number of carbonyl (C=O) groups excluding carboxylic acids is 1. The number of hydrogen-bond donors (Lipinski definition) is 0. The quantitative estimate of drug-likeness (QED) is 0.432. The Balaban J connectivity index is 2.87. The summed E-state index contributed by atoms with van der Waals surface area (Å²) in [6.45, 7) is 1.45. The maximum Gasteiger partial charge on any atom is 0.320 e. The van der Waals surface area contributed by atoms with Crippen LogP contribution in [0.4, 0.5) is 0 Å². The molecule has 0 fully saturated rings. The van der Waals surface area contributed by atoms with Crippen LogP contribution in [-0.2, 0) is 9.53 Å². The fourth-order valence-electron chi connectivity index (χ4n) is 1.39. The van der Waals surface area contributed by atoms with E-state index in [-0.39, 0.29) is 6.61 Å². The van der Waals surface area contributed by atoms with Crippen LogP contribution < -0.4 is 0 Å². The van der Waals surface area contributed by atoms with Crippen molar-refractivity contribution in [3.05, 3.63) is 46.0 Å². The molecule has 0 saturated heterocycles. The summed E-state index contributed by atoms with van der Waals surface area (Å²) in [5.74, 6) is -1.37. The molecule has 0 spiro atoms. The molecule has 1 rings (SSSR count). The number of benzene rings is 1. The summed E-state index contributed by atoms with van der Waals surface area (Å²) in [5.41, 5.74) is 0.609. The van der Waals surface area contributed by atoms with E-state index in [2.05, 4.69) is 0 Å². The van der Waals surface area contributed by atoms with Crippen molar-refractivity contribution >= 4 is 5.97 Å². The zero-order valence-corrected chi connectivity index (χ0v) is 8.96. The van der Waals surface area contributed by atoms with Gasteiger partial charge in [-0.15, -0.1) is 0 Å². The largest absolute Gasteiger partial charge is 0.465 e. The minimum absolute atomic E-state index is 0.222. The molecule has 0 N–H and O–H groups in total. The van der Waals surface area contributed by atoms with Gasteiger partial charge in [-0.05, 0) is 12.5 Å². The van der Waals surface area contributed by atoms with Gasteiger partial charge in [-0.3, -0.25) is 14.9 Å². The monoisotopic (exact) mass is 223 g/mol. The summed E-state index contributed by atoms with van der Waals surface area (Å²) in [6.07, 6.45) is 0. The first-order valence-corrected chi connectivity index (χ1v) is 4.98. The number of hydrogen-bond acceptors (Lipinski definition) is 4. The van der Waals surface area contributed by atoms with E-state index in [9.17, 15) is 14.9 Å². The lowest BCUT2D eigenvalue weighted by Crippen LogP contribution is -2.23. The highest BCUT2D eigenvalue weighted by Crippen LogP contribution is 2.17. The first-order chi connectivity index (χ1) is 7.65. The SMILES string of the molecule is CCOC(=O)[C@@H](C[N+](=O)[O-])c1ccccc1. The van der Waals surface area contributed by atoms with Crippen molar-refractivity contribution < 1.29 is 14.5 Å². The smallest absolute Gasteiger partial charge is 0.320 e. The molecule has 0 heterocycles. The van der Waals surface area contributed by atoms with Crippen molar-refractivity contribution in [3.8, 4) is 0 Å². The zero-order valence-electron chi connectivity index (χ0n) is 8.96. The summed E-state index contributed by atoms with van der Waals surface area (Å²) in [7, 11) is 0. The zero-order chi connectivity index (χ0) is 12.0. The number of nitro groups is 1. The fourth-order valence-corrected chi connectivity index (χ4v) is 1.39. The van der Waals surface area contributed by atoms with Crippen molar-refractivity contribution in [2.45, 2.75) is 12.8 Å². The lowest BCUT2D eigenvalue weighted by molar-refractivity contribution is -0.481. The molecule has 86 valence electrons. The van der Waals surface area contributed by atoms with E-state index in [1.807, 2.05) is 0 Å². The van der Waals surface area contributed by atoms with Gasteiger partial charge in [-0.2, -0.15) is 0 Å². The van der Waals surface area contributed by atoms with Crippen LogP contribution in [0, 0.1) is 10.1 Å². The van der Waals surface area contributed by atoms with Crippen LogP contribution >= 0.6 is 0 Å². The molecule has 0 radical (unpaired) electrons. The maximum atomic E-state index is 11.6. The van der Waals surface area contributed by atoms with E-state index in [1.165, 1.54) is 0 Å². The van der Waals surface area contributed by atoms with Crippen LogP contribution in [0.3, 0.4) is 0 Å². The van der Waals surface area contributed by atoms with Gasteiger partial charge >= 0.3 is 5.97 Å². The third-order valence-corrected chi connectivity index (χ3v) is 2.10. The van der Waals surface area contributed by atoms with Gasteiger partial charge < -0.3 is 4.74 Å². The lowest BCUT2D eigenvalue weighted by Gasteiger charge is -2.11. The average Bonchev–Trinajstić information content (AvgIpc) is 2.27. The summed E-state index contributed by atoms with van der Waals surface area (Å²) >= 11 is 0. The molecule has 0 amide bonds. The fraction of sp³-hybridized carbons (Fsp3) is 0.364. The number of rotatable bonds is 5. The number of nitrogens with zero attached hydrogens (tertiary/aromatic N) is 1. The molecule has 16 heavy (non-hydrogen) atoms. The van der Waals surface area contributed by atoms with E-state index >= 15 is 0 Å². The summed E-state index contributed by atoms with van der Waals surface area (Å²) in [4.78, 5) is 21.5. The van der Waals surface area contributed by atoms with Gasteiger partial charge in [0.1, 0.15) is 5.92 Å². The van der Waals surface area contributed by atoms with Crippen molar-refractivity contribution in [2.75, 3.05) is 13.2 Å². The van der Waals surface area contributed by atoms with Gasteiger partial charge in [0, 0.05) is 4.92 Å². The molecular formula is C11H13NO4. The second-order valence-corrected chi connectivity index (χ2v) is 3.23. The maximum absolute atomic E-state index is 11.6. The second-order valence-electron chi connectivity index (χ2n) is 3.23. The highest BCUT2D eigenvalue weighted by Gasteiger charge is 2.26. The third-order valence-electron chi connectivity index (χ3n) is 2.10. The Morgan fingerprint density at radius 3 is 2.56 bits per heavy atom. The summed E-state index contributed by atoms with van der Waals surface area (Å²) in [6, 6.07) is 8.64. The number of carbonyl (C=O) groups is 1. The molecule has 0 aliphatic heterocycles. The Morgan fingerprint density at radius 2 is 2.06 bits per heavy atom. The van der Waals surface area contributed by atoms with Crippen LogP contribution in [0.25, 0.3) is 0 Å². The Bertz CT molecular complexity index is 364. The van der Waals surface area contributed by atoms with Gasteiger partial charge in [-0.25, -0.2) is 0 Å². The Kier molecular flexibility index (Phi) is 4.44. The van der Waals surface area contributed by atoms with Crippen LogP contribution in [0.5, 0.6) is 0 Å². The van der Waals surface area contributed by atoms with Crippen molar-refractivity contribution in [1.82, 2.24) is 0 Å². The van der Waals surface area contributed by atoms with E-state index in [4.69, 9.17) is 4.74 Å². The minimum Gasteiger partial charge on any atom is -0.465 e. The van der Waals surface area contributed by atoms with Crippen LogP contribution in [0.2, 0.25) is 0 Å². The molecule has 0 aromatic heterocycles. The predicted octanol–water partition coefficient (Wildman–Crippen LogP) is 1.61. The van der Waals surface area contributed by atoms with E-state index in [0.717, 1.165) is 0 Å². The highest BCUT2D eigenvalue weighted by molar-refractivity contribution is 5.78. The molecular weight excluding hydrogens is 210 g/mol. The van der Waals surface area contributed by atoms with Crippen LogP contribution in [0.15, 0.2) is 30.3 Å². The van der Waals surface area contributed by atoms with Crippen molar-refractivity contribution in [1.29, 1.82) is 0 Å². The number of esters is 1. The van der Waals surface area contributed by atoms with Crippen LogP contribution in [0.1, 0.15) is 18.4 Å². The van der Waals surface area contributed by atoms with E-state index in [0.29, 0.717) is 5.56 Å². The van der Waals surface area contributed by atoms with Gasteiger partial charge in [-0.1, -0.05) is 30.3 Å². The summed E-state index contributed by atoms with van der Waals surface area (Å²) in [5, 5.41) is 10.5. The normalized spacial score (nSPS) is 11.8. The lowest BCUT2D eigenvalue weighted by atomic mass is 9.99. The van der Waals surface area contributed by atoms with Crippen molar-refractivity contribution in [3.63, 3.8) is 0 Å². The van der Waals surface area contributed by atoms with Gasteiger partial charge in [0.25, 0.3) is 0 Å². The first-order valence-electron chi connectivity index (χ1n) is 4.98. The molecule has 5 heteroatoms. The molecule has 1 atom stereocenters. The molecule has 1 aromatic rings. The third kappa shape index (κ3) is 3.34. The minimum atomic E-state index is -0.823. The Hall–Kier alpha value is -1.91. The highest BCUT2D eigenvalue weighted by atomic mass is 16.6. The first kappa shape index (κ1) is 12.2. The molecule has 1 aromatic carbocycles. The average molecular weight is 223 g/mol. The molecule has 0 aliphatic carbocycles. The Morgan fingerprint density at radius 1 is 1.44 bits per heavy atom. The van der Waals surface area contributed by atoms with Crippen molar-refractivity contribution in [2.24, 2.45) is 0 Å². The number of ether oxygens (including phenoxy) is 1. The summed E-state index contributed by atoms with van der Waals surface area (Å²) < 4.78 is 4.82. The van der Waals surface area contributed by atoms with Gasteiger partial charge in [0.05, 0.1) is 6.61 Å².